The molecule has 144 valence electrons. The van der Waals surface area contributed by atoms with E-state index in [4.69, 9.17) is 5.73 Å². The fourth-order valence-electron chi connectivity index (χ4n) is 3.24. The Balaban J connectivity index is 2.96. The van der Waals surface area contributed by atoms with E-state index >= 15 is 0 Å². The van der Waals surface area contributed by atoms with Gasteiger partial charge in [0.05, 0.1) is 6.61 Å². The number of nitrogens with two attached hydrogens (primary N) is 1. The van der Waals surface area contributed by atoms with Gasteiger partial charge in [-0.05, 0) is 39.7 Å². The van der Waals surface area contributed by atoms with Crippen LogP contribution in [0.4, 0.5) is 0 Å². The van der Waals surface area contributed by atoms with Crippen molar-refractivity contribution in [3.63, 3.8) is 0 Å². The van der Waals surface area contributed by atoms with Crippen LogP contribution >= 0.6 is 0 Å². The van der Waals surface area contributed by atoms with Crippen LogP contribution in [-0.4, -0.2) is 24.3 Å². The van der Waals surface area contributed by atoms with Gasteiger partial charge in [0.15, 0.2) is 4.86 Å². The Kier molecular flexibility index (Phi) is 6.57. The summed E-state index contributed by atoms with van der Waals surface area (Å²) >= 11 is 0. The molecular formula is C21H25NO4S. The highest BCUT2D eigenvalue weighted by molar-refractivity contribution is 7.75. The minimum absolute atomic E-state index is 0.0309. The quantitative estimate of drug-likeness (QED) is 0.588. The van der Waals surface area contributed by atoms with Crippen LogP contribution in [0.15, 0.2) is 36.4 Å². The van der Waals surface area contributed by atoms with Crippen LogP contribution in [0.5, 0.6) is 0 Å². The van der Waals surface area contributed by atoms with E-state index in [2.05, 4.69) is 0 Å². The number of hydrogen-bond acceptors (Lipinski definition) is 4. The highest BCUT2D eigenvalue weighted by Gasteiger charge is 2.25. The van der Waals surface area contributed by atoms with Gasteiger partial charge >= 0.3 is 0 Å². The highest BCUT2D eigenvalue weighted by Crippen LogP contribution is 2.35. The molecule has 2 aromatic carbocycles. The van der Waals surface area contributed by atoms with Crippen LogP contribution in [-0.2, 0) is 21.7 Å². The third-order valence-corrected chi connectivity index (χ3v) is 5.30. The van der Waals surface area contributed by atoms with Gasteiger partial charge in [-0.15, -0.1) is 0 Å². The number of hydrogen-bond donors (Lipinski definition) is 2. The first-order valence-corrected chi connectivity index (χ1v) is 9.89. The predicted molar refractivity (Wildman–Crippen MR) is 108 cm³/mol. The number of carbonyl (C=O) groups excluding carboxylic acids is 1. The molecule has 0 aromatic heterocycles. The normalized spacial score (nSPS) is 11.1. The Morgan fingerprint density at radius 2 is 1.56 bits per heavy atom. The summed E-state index contributed by atoms with van der Waals surface area (Å²) in [5, 5.41) is 9.68. The molecule has 2 aromatic rings. The molecule has 0 heterocycles. The van der Waals surface area contributed by atoms with Crippen molar-refractivity contribution in [1.82, 2.24) is 0 Å². The third-order valence-electron chi connectivity index (χ3n) is 4.56. The van der Waals surface area contributed by atoms with E-state index in [-0.39, 0.29) is 23.3 Å². The van der Waals surface area contributed by atoms with Crippen molar-refractivity contribution in [3.05, 3.63) is 58.7 Å². The third kappa shape index (κ3) is 4.28. The van der Waals surface area contributed by atoms with Gasteiger partial charge in [0.2, 0.25) is 10.3 Å². The zero-order chi connectivity index (χ0) is 20.3. The van der Waals surface area contributed by atoms with Gasteiger partial charge in [0, 0.05) is 5.56 Å². The maximum atomic E-state index is 11.9. The van der Waals surface area contributed by atoms with Crippen LogP contribution in [0, 0.1) is 0 Å². The smallest absolute Gasteiger partial charge is 0.265 e. The van der Waals surface area contributed by atoms with Crippen molar-refractivity contribution in [2.24, 2.45) is 5.73 Å². The molecule has 0 radical (unpaired) electrons. The average Bonchev–Trinajstić information content (AvgIpc) is 2.60. The molecule has 0 bridgehead atoms. The van der Waals surface area contributed by atoms with Crippen molar-refractivity contribution >= 4 is 21.1 Å². The fourth-order valence-corrected chi connectivity index (χ4v) is 3.81. The van der Waals surface area contributed by atoms with Gasteiger partial charge in [-0.3, -0.25) is 4.79 Å². The molecule has 3 N–H and O–H groups in total. The lowest BCUT2D eigenvalue weighted by Crippen LogP contribution is -2.28. The van der Waals surface area contributed by atoms with Crippen molar-refractivity contribution in [2.45, 2.75) is 46.1 Å². The lowest BCUT2D eigenvalue weighted by Gasteiger charge is -2.22. The summed E-state index contributed by atoms with van der Waals surface area (Å²) in [6.45, 7) is 7.66. The Morgan fingerprint density at radius 1 is 1.04 bits per heavy atom. The molecular weight excluding hydrogens is 362 g/mol. The summed E-state index contributed by atoms with van der Waals surface area (Å²) in [5.41, 5.74) is 9.80. The molecule has 0 saturated heterocycles. The van der Waals surface area contributed by atoms with Gasteiger partial charge in [-0.2, -0.15) is 8.42 Å². The number of benzene rings is 2. The first-order chi connectivity index (χ1) is 12.7. The van der Waals surface area contributed by atoms with Crippen molar-refractivity contribution in [2.75, 3.05) is 0 Å². The van der Waals surface area contributed by atoms with Crippen LogP contribution in [0.1, 0.15) is 61.8 Å². The van der Waals surface area contributed by atoms with Crippen LogP contribution < -0.4 is 5.73 Å². The van der Waals surface area contributed by atoms with E-state index in [1.165, 1.54) is 0 Å². The Bertz CT molecular complexity index is 968. The summed E-state index contributed by atoms with van der Waals surface area (Å²) in [6.07, 6.45) is 0. The summed E-state index contributed by atoms with van der Waals surface area (Å²) in [5.74, 6) is -1.02. The van der Waals surface area contributed by atoms with E-state index in [1.54, 1.807) is 0 Å². The maximum absolute atomic E-state index is 11.9. The minimum Gasteiger partial charge on any atom is -0.392 e. The topological polar surface area (TPSA) is 97.5 Å². The Morgan fingerprint density at radius 3 is 1.96 bits per heavy atom. The second kappa shape index (κ2) is 8.50. The van der Waals surface area contributed by atoms with Crippen LogP contribution in [0.3, 0.4) is 0 Å². The zero-order valence-corrected chi connectivity index (χ0v) is 16.8. The fraction of sp³-hybridized carbons (Fsp3) is 0.333. The van der Waals surface area contributed by atoms with Gasteiger partial charge < -0.3 is 10.8 Å². The lowest BCUT2D eigenvalue weighted by atomic mass is 9.83. The molecule has 0 aliphatic rings. The van der Waals surface area contributed by atoms with E-state index in [9.17, 15) is 18.3 Å². The lowest BCUT2D eigenvalue weighted by molar-refractivity contribution is -0.111. The largest absolute Gasteiger partial charge is 0.392 e. The molecule has 27 heavy (non-hydrogen) atoms. The van der Waals surface area contributed by atoms with E-state index < -0.39 is 16.2 Å². The van der Waals surface area contributed by atoms with Crippen molar-refractivity contribution < 1.29 is 18.3 Å². The Labute approximate surface area is 161 Å². The van der Waals surface area contributed by atoms with E-state index in [1.807, 2.05) is 64.1 Å². The van der Waals surface area contributed by atoms with Crippen LogP contribution in [0.25, 0.3) is 11.1 Å². The molecule has 1 amide bonds. The molecule has 0 atom stereocenters. The number of aliphatic hydroxyl groups is 1. The molecule has 0 saturated carbocycles. The minimum atomic E-state index is -2.74. The maximum Gasteiger partial charge on any atom is 0.265 e. The zero-order valence-electron chi connectivity index (χ0n) is 16.0. The average molecular weight is 388 g/mol. The molecule has 0 aliphatic carbocycles. The number of primary amides is 1. The SMILES string of the molecule is CC(C)c1cc(-c2ccccc2CO)cc(C(C)C)c1C(C(N)=O)=S(=O)=O. The number of carbonyl (C=O) groups is 1. The number of aliphatic hydroxyl groups excluding tert-OH is 1. The number of amides is 1. The predicted octanol–water partition coefficient (Wildman–Crippen LogP) is 2.98. The second-order valence-corrected chi connectivity index (χ2v) is 7.96. The van der Waals surface area contributed by atoms with Gasteiger partial charge in [0.25, 0.3) is 5.91 Å². The summed E-state index contributed by atoms with van der Waals surface area (Å²) in [7, 11) is -2.74. The molecule has 0 fully saturated rings. The monoisotopic (exact) mass is 387 g/mol. The standard InChI is InChI=1S/C21H25NO4S/c1-12(2)17-9-15(16-8-6-5-7-14(16)11-23)10-18(13(3)4)19(17)20(21(22)24)27(25)26/h5-10,12-13,23H,11H2,1-4H3,(H2,22,24). The van der Waals surface area contributed by atoms with Gasteiger partial charge in [-0.25, -0.2) is 0 Å². The van der Waals surface area contributed by atoms with Gasteiger partial charge in [-0.1, -0.05) is 64.1 Å². The Hall–Kier alpha value is -2.44. The van der Waals surface area contributed by atoms with E-state index in [0.717, 1.165) is 27.8 Å². The summed E-state index contributed by atoms with van der Waals surface area (Å²) in [6, 6.07) is 11.3. The van der Waals surface area contributed by atoms with E-state index in [0.29, 0.717) is 5.56 Å². The van der Waals surface area contributed by atoms with Gasteiger partial charge in [0.1, 0.15) is 0 Å². The highest BCUT2D eigenvalue weighted by atomic mass is 32.2. The second-order valence-electron chi connectivity index (χ2n) is 7.08. The number of rotatable bonds is 6. The molecule has 6 heteroatoms. The first-order valence-electron chi connectivity index (χ1n) is 8.82. The summed E-state index contributed by atoms with van der Waals surface area (Å²) < 4.78 is 23.6. The molecule has 0 unspecified atom stereocenters. The molecule has 5 nitrogen and oxygen atoms in total. The molecule has 2 rings (SSSR count). The summed E-state index contributed by atoms with van der Waals surface area (Å²) in [4.78, 5) is 11.5. The molecule has 0 aliphatic heterocycles. The van der Waals surface area contributed by atoms with Crippen LogP contribution in [0.2, 0.25) is 0 Å². The first kappa shape index (κ1) is 20.9. The van der Waals surface area contributed by atoms with Crippen molar-refractivity contribution in [3.8, 4) is 11.1 Å². The van der Waals surface area contributed by atoms with Crippen molar-refractivity contribution in [1.29, 1.82) is 0 Å². The molecule has 0 spiro atoms.